The highest BCUT2D eigenvalue weighted by Gasteiger charge is 2.25. The Balaban J connectivity index is 2.18. The standard InChI is InChI=1S/C15H22/c1-4-6-13-9-14-8-7-12(10-15(13)14)11(3)5-2/h7-8,10-11,13H,4-6,9H2,1-3H3. The third-order valence-corrected chi connectivity index (χ3v) is 3.89. The molecule has 0 radical (unpaired) electrons. The van der Waals surface area contributed by atoms with Crippen molar-refractivity contribution in [3.8, 4) is 0 Å². The molecule has 1 aliphatic rings. The van der Waals surface area contributed by atoms with Gasteiger partial charge in [-0.15, -0.1) is 0 Å². The van der Waals surface area contributed by atoms with Gasteiger partial charge in [0.1, 0.15) is 0 Å². The highest BCUT2D eigenvalue weighted by Crippen LogP contribution is 2.39. The van der Waals surface area contributed by atoms with E-state index in [2.05, 4.69) is 39.0 Å². The van der Waals surface area contributed by atoms with Crippen molar-refractivity contribution < 1.29 is 0 Å². The maximum absolute atomic E-state index is 2.47. The SMILES string of the molecule is CCCC1Cc2ccc(C(C)CC)cc21. The fraction of sp³-hybridized carbons (Fsp3) is 0.600. The zero-order valence-electron chi connectivity index (χ0n) is 10.2. The van der Waals surface area contributed by atoms with Crippen LogP contribution >= 0.6 is 0 Å². The first kappa shape index (κ1) is 10.7. The summed E-state index contributed by atoms with van der Waals surface area (Å²) in [5.41, 5.74) is 4.78. The van der Waals surface area contributed by atoms with Gasteiger partial charge in [-0.3, -0.25) is 0 Å². The molecule has 1 aromatic rings. The van der Waals surface area contributed by atoms with Gasteiger partial charge in [0.15, 0.2) is 0 Å². The third-order valence-electron chi connectivity index (χ3n) is 3.89. The third kappa shape index (κ3) is 1.95. The maximum Gasteiger partial charge on any atom is -0.0119 e. The first-order valence-corrected chi connectivity index (χ1v) is 6.39. The van der Waals surface area contributed by atoms with Gasteiger partial charge in [0, 0.05) is 0 Å². The van der Waals surface area contributed by atoms with Crippen molar-refractivity contribution in [2.75, 3.05) is 0 Å². The van der Waals surface area contributed by atoms with E-state index in [9.17, 15) is 0 Å². The molecule has 0 saturated heterocycles. The van der Waals surface area contributed by atoms with E-state index in [0.29, 0.717) is 0 Å². The van der Waals surface area contributed by atoms with E-state index in [-0.39, 0.29) is 0 Å². The Kier molecular flexibility index (Phi) is 3.14. The number of hydrogen-bond donors (Lipinski definition) is 0. The zero-order chi connectivity index (χ0) is 10.8. The molecule has 0 bridgehead atoms. The van der Waals surface area contributed by atoms with E-state index >= 15 is 0 Å². The molecule has 0 aliphatic heterocycles. The van der Waals surface area contributed by atoms with E-state index in [0.717, 1.165) is 11.8 Å². The van der Waals surface area contributed by atoms with Gasteiger partial charge in [-0.1, -0.05) is 45.4 Å². The van der Waals surface area contributed by atoms with E-state index in [1.807, 2.05) is 0 Å². The van der Waals surface area contributed by atoms with Crippen LogP contribution in [0.4, 0.5) is 0 Å². The van der Waals surface area contributed by atoms with Gasteiger partial charge in [-0.05, 0) is 47.8 Å². The highest BCUT2D eigenvalue weighted by molar-refractivity contribution is 5.43. The molecule has 0 spiro atoms. The predicted octanol–water partition coefficient (Wildman–Crippen LogP) is 4.64. The van der Waals surface area contributed by atoms with E-state index in [1.165, 1.54) is 31.2 Å². The lowest BCUT2D eigenvalue weighted by Gasteiger charge is -2.31. The van der Waals surface area contributed by atoms with Gasteiger partial charge in [0.25, 0.3) is 0 Å². The summed E-state index contributed by atoms with van der Waals surface area (Å²) in [6, 6.07) is 7.14. The molecule has 2 rings (SSSR count). The van der Waals surface area contributed by atoms with Crippen molar-refractivity contribution in [2.24, 2.45) is 0 Å². The average Bonchev–Trinajstić information content (AvgIpc) is 2.25. The van der Waals surface area contributed by atoms with E-state index in [4.69, 9.17) is 0 Å². The van der Waals surface area contributed by atoms with Crippen LogP contribution in [0.25, 0.3) is 0 Å². The second-order valence-corrected chi connectivity index (χ2v) is 4.96. The van der Waals surface area contributed by atoms with Crippen molar-refractivity contribution in [3.63, 3.8) is 0 Å². The predicted molar refractivity (Wildman–Crippen MR) is 66.5 cm³/mol. The summed E-state index contributed by atoms with van der Waals surface area (Å²) in [5.74, 6) is 1.59. The topological polar surface area (TPSA) is 0 Å². The maximum atomic E-state index is 2.47. The van der Waals surface area contributed by atoms with Gasteiger partial charge in [0.2, 0.25) is 0 Å². The van der Waals surface area contributed by atoms with Crippen LogP contribution in [0.1, 0.15) is 68.6 Å². The summed E-state index contributed by atoms with van der Waals surface area (Å²) in [6.07, 6.45) is 5.26. The smallest absolute Gasteiger partial charge is 0.0119 e. The van der Waals surface area contributed by atoms with Crippen molar-refractivity contribution in [1.82, 2.24) is 0 Å². The van der Waals surface area contributed by atoms with Crippen LogP contribution in [-0.2, 0) is 6.42 Å². The molecule has 0 heteroatoms. The second kappa shape index (κ2) is 4.38. The Hall–Kier alpha value is -0.780. The normalized spacial score (nSPS) is 20.6. The minimum Gasteiger partial charge on any atom is -0.0654 e. The second-order valence-electron chi connectivity index (χ2n) is 4.96. The molecule has 1 aliphatic carbocycles. The lowest BCUT2D eigenvalue weighted by atomic mass is 9.74. The van der Waals surface area contributed by atoms with Crippen molar-refractivity contribution in [3.05, 3.63) is 34.9 Å². The molecule has 82 valence electrons. The number of rotatable bonds is 4. The molecule has 0 fully saturated rings. The molecule has 1 aromatic carbocycles. The first-order valence-electron chi connectivity index (χ1n) is 6.39. The summed E-state index contributed by atoms with van der Waals surface area (Å²) < 4.78 is 0. The Labute approximate surface area is 93.7 Å². The molecule has 0 heterocycles. The average molecular weight is 202 g/mol. The molecule has 2 atom stereocenters. The Morgan fingerprint density at radius 2 is 2.13 bits per heavy atom. The van der Waals surface area contributed by atoms with Crippen LogP contribution in [0.15, 0.2) is 18.2 Å². The number of fused-ring (bicyclic) bond motifs is 1. The molecule has 0 amide bonds. The van der Waals surface area contributed by atoms with Crippen LogP contribution in [0, 0.1) is 0 Å². The summed E-state index contributed by atoms with van der Waals surface area (Å²) in [7, 11) is 0. The van der Waals surface area contributed by atoms with Gasteiger partial charge in [0.05, 0.1) is 0 Å². The van der Waals surface area contributed by atoms with Gasteiger partial charge in [-0.2, -0.15) is 0 Å². The van der Waals surface area contributed by atoms with Crippen molar-refractivity contribution >= 4 is 0 Å². The Morgan fingerprint density at radius 3 is 2.80 bits per heavy atom. The molecule has 0 nitrogen and oxygen atoms in total. The lowest BCUT2D eigenvalue weighted by molar-refractivity contribution is 0.549. The van der Waals surface area contributed by atoms with Gasteiger partial charge < -0.3 is 0 Å². The fourth-order valence-corrected chi connectivity index (χ4v) is 2.57. The number of benzene rings is 1. The van der Waals surface area contributed by atoms with Gasteiger partial charge in [-0.25, -0.2) is 0 Å². The molecule has 2 unspecified atom stereocenters. The fourth-order valence-electron chi connectivity index (χ4n) is 2.57. The lowest BCUT2D eigenvalue weighted by Crippen LogP contribution is -2.17. The van der Waals surface area contributed by atoms with Crippen molar-refractivity contribution in [2.45, 2.75) is 58.3 Å². The molecule has 0 aromatic heterocycles. The molecular weight excluding hydrogens is 180 g/mol. The van der Waals surface area contributed by atoms with Crippen LogP contribution in [0.3, 0.4) is 0 Å². The van der Waals surface area contributed by atoms with Crippen LogP contribution in [-0.4, -0.2) is 0 Å². The van der Waals surface area contributed by atoms with Crippen LogP contribution in [0.5, 0.6) is 0 Å². The minimum atomic E-state index is 0.721. The monoisotopic (exact) mass is 202 g/mol. The van der Waals surface area contributed by atoms with Gasteiger partial charge >= 0.3 is 0 Å². The van der Waals surface area contributed by atoms with E-state index < -0.39 is 0 Å². The van der Waals surface area contributed by atoms with Crippen LogP contribution < -0.4 is 0 Å². The molecule has 15 heavy (non-hydrogen) atoms. The highest BCUT2D eigenvalue weighted by atomic mass is 14.3. The summed E-state index contributed by atoms with van der Waals surface area (Å²) in [4.78, 5) is 0. The Morgan fingerprint density at radius 1 is 1.33 bits per heavy atom. The zero-order valence-corrected chi connectivity index (χ0v) is 10.2. The van der Waals surface area contributed by atoms with E-state index in [1.54, 1.807) is 11.1 Å². The minimum absolute atomic E-state index is 0.721. The van der Waals surface area contributed by atoms with Crippen LogP contribution in [0.2, 0.25) is 0 Å². The molecule has 0 saturated carbocycles. The number of hydrogen-bond acceptors (Lipinski definition) is 0. The summed E-state index contributed by atoms with van der Waals surface area (Å²) in [6.45, 7) is 6.89. The molecular formula is C15H22. The summed E-state index contributed by atoms with van der Waals surface area (Å²) >= 11 is 0. The summed E-state index contributed by atoms with van der Waals surface area (Å²) in [5, 5.41) is 0. The molecule has 0 N–H and O–H groups in total. The quantitative estimate of drug-likeness (QED) is 0.667. The Bertz CT molecular complexity index is 338. The van der Waals surface area contributed by atoms with Crippen molar-refractivity contribution in [1.29, 1.82) is 0 Å². The first-order chi connectivity index (χ1) is 7.26. The largest absolute Gasteiger partial charge is 0.0654 e.